The number of aromatic amines is 1. The minimum absolute atomic E-state index is 0.175. The number of hydrogen-bond donors (Lipinski definition) is 3. The first-order valence-corrected chi connectivity index (χ1v) is 6.99. The van der Waals surface area contributed by atoms with Crippen molar-refractivity contribution in [3.8, 4) is 0 Å². The molecule has 21 heavy (non-hydrogen) atoms. The fraction of sp³-hybridized carbons (Fsp3) is 0.571. The van der Waals surface area contributed by atoms with Crippen LogP contribution in [0.1, 0.15) is 43.8 Å². The molecule has 0 bridgehead atoms. The van der Waals surface area contributed by atoms with Crippen molar-refractivity contribution in [2.24, 2.45) is 0 Å². The van der Waals surface area contributed by atoms with E-state index in [1.165, 1.54) is 0 Å². The summed E-state index contributed by atoms with van der Waals surface area (Å²) in [5.41, 5.74) is 0.412. The molecule has 0 fully saturated rings. The smallest absolute Gasteiger partial charge is 0.326 e. The lowest BCUT2D eigenvalue weighted by atomic mass is 10.1. The molecule has 0 aromatic carbocycles. The Bertz CT molecular complexity index is 580. The first kappa shape index (κ1) is 16.9. The molecule has 1 aromatic heterocycles. The minimum atomic E-state index is -1.07. The van der Waals surface area contributed by atoms with E-state index in [0.717, 1.165) is 0 Å². The quantitative estimate of drug-likeness (QED) is 0.680. The number of carbonyl (C=O) groups excluding carboxylic acids is 1. The molecule has 0 saturated heterocycles. The highest BCUT2D eigenvalue weighted by molar-refractivity contribution is 5.84. The lowest BCUT2D eigenvalue weighted by Crippen LogP contribution is -2.42. The average Bonchev–Trinajstić information content (AvgIpc) is 2.42. The molecule has 0 aliphatic rings. The first-order chi connectivity index (χ1) is 9.88. The highest BCUT2D eigenvalue weighted by Crippen LogP contribution is 2.03. The van der Waals surface area contributed by atoms with E-state index >= 15 is 0 Å². The van der Waals surface area contributed by atoms with Crippen LogP contribution < -0.4 is 10.9 Å². The van der Waals surface area contributed by atoms with Crippen LogP contribution in [-0.2, 0) is 22.4 Å². The van der Waals surface area contributed by atoms with Crippen LogP contribution in [0.4, 0.5) is 0 Å². The zero-order valence-electron chi connectivity index (χ0n) is 12.5. The van der Waals surface area contributed by atoms with Crippen molar-refractivity contribution in [3.05, 3.63) is 27.4 Å². The molecule has 0 unspecified atom stereocenters. The highest BCUT2D eigenvalue weighted by Gasteiger charge is 2.20. The van der Waals surface area contributed by atoms with E-state index in [-0.39, 0.29) is 17.5 Å². The van der Waals surface area contributed by atoms with E-state index in [1.807, 2.05) is 13.8 Å². The number of carbonyl (C=O) groups is 2. The number of aliphatic carboxylic acids is 1. The third-order valence-electron chi connectivity index (χ3n) is 3.15. The summed E-state index contributed by atoms with van der Waals surface area (Å²) >= 11 is 0. The van der Waals surface area contributed by atoms with E-state index < -0.39 is 17.9 Å². The van der Waals surface area contributed by atoms with Gasteiger partial charge in [-0.1, -0.05) is 20.3 Å². The van der Waals surface area contributed by atoms with Gasteiger partial charge in [0.15, 0.2) is 0 Å². The van der Waals surface area contributed by atoms with Crippen LogP contribution in [0.3, 0.4) is 0 Å². The van der Waals surface area contributed by atoms with Crippen molar-refractivity contribution >= 4 is 11.9 Å². The van der Waals surface area contributed by atoms with Crippen LogP contribution in [0.15, 0.2) is 4.79 Å². The van der Waals surface area contributed by atoms with Crippen LogP contribution in [0.5, 0.6) is 0 Å². The van der Waals surface area contributed by atoms with Crippen LogP contribution in [0, 0.1) is 6.92 Å². The van der Waals surface area contributed by atoms with Gasteiger partial charge < -0.3 is 15.4 Å². The molecule has 0 aliphatic carbocycles. The van der Waals surface area contributed by atoms with Crippen molar-refractivity contribution in [2.45, 2.75) is 52.5 Å². The molecule has 0 radical (unpaired) electrons. The number of aryl methyl sites for hydroxylation is 2. The molecular weight excluding hydrogens is 274 g/mol. The van der Waals surface area contributed by atoms with Gasteiger partial charge >= 0.3 is 5.97 Å². The molecule has 0 saturated carbocycles. The Morgan fingerprint density at radius 2 is 2.05 bits per heavy atom. The van der Waals surface area contributed by atoms with E-state index in [1.54, 1.807) is 6.92 Å². The second-order valence-electron chi connectivity index (χ2n) is 4.85. The van der Waals surface area contributed by atoms with Gasteiger partial charge in [0.1, 0.15) is 11.9 Å². The molecule has 1 amide bonds. The van der Waals surface area contributed by atoms with Crippen LogP contribution in [0.25, 0.3) is 0 Å². The van der Waals surface area contributed by atoms with Crippen LogP contribution in [-0.4, -0.2) is 33.0 Å². The van der Waals surface area contributed by atoms with Gasteiger partial charge in [-0.3, -0.25) is 9.59 Å². The molecule has 0 spiro atoms. The molecule has 1 heterocycles. The summed E-state index contributed by atoms with van der Waals surface area (Å²) in [5, 5.41) is 11.4. The number of carboxylic acid groups (broad SMARTS) is 1. The number of carboxylic acids is 1. The van der Waals surface area contributed by atoms with Gasteiger partial charge in [0.05, 0.1) is 6.42 Å². The predicted molar refractivity (Wildman–Crippen MR) is 77.2 cm³/mol. The number of amides is 1. The van der Waals surface area contributed by atoms with Crippen molar-refractivity contribution in [1.29, 1.82) is 0 Å². The fourth-order valence-electron chi connectivity index (χ4n) is 2.00. The molecule has 7 nitrogen and oxygen atoms in total. The third kappa shape index (κ3) is 4.70. The predicted octanol–water partition coefficient (Wildman–Crippen LogP) is 0.553. The summed E-state index contributed by atoms with van der Waals surface area (Å²) in [6.07, 6.45) is 1.42. The van der Waals surface area contributed by atoms with E-state index in [2.05, 4.69) is 15.3 Å². The maximum Gasteiger partial charge on any atom is 0.326 e. The summed E-state index contributed by atoms with van der Waals surface area (Å²) in [4.78, 5) is 41.6. The molecule has 0 aliphatic heterocycles. The van der Waals surface area contributed by atoms with Crippen molar-refractivity contribution < 1.29 is 14.7 Å². The SMILES string of the molecule is CCC[C@@H](NC(=O)Cc1c(C)nc(CC)[nH]c1=O)C(=O)O. The Balaban J connectivity index is 2.84. The maximum atomic E-state index is 11.9. The Morgan fingerprint density at radius 3 is 2.52 bits per heavy atom. The number of rotatable bonds is 7. The van der Waals surface area contributed by atoms with Gasteiger partial charge in [0, 0.05) is 17.7 Å². The van der Waals surface area contributed by atoms with Crippen molar-refractivity contribution in [3.63, 3.8) is 0 Å². The first-order valence-electron chi connectivity index (χ1n) is 6.99. The fourth-order valence-corrected chi connectivity index (χ4v) is 2.00. The summed E-state index contributed by atoms with van der Waals surface area (Å²) in [7, 11) is 0. The molecular formula is C14H21N3O4. The summed E-state index contributed by atoms with van der Waals surface area (Å²) < 4.78 is 0. The zero-order valence-corrected chi connectivity index (χ0v) is 12.5. The lowest BCUT2D eigenvalue weighted by Gasteiger charge is -2.13. The molecule has 1 aromatic rings. The summed E-state index contributed by atoms with van der Waals surface area (Å²) in [5.74, 6) is -0.998. The second kappa shape index (κ2) is 7.56. The number of H-pyrrole nitrogens is 1. The Kier molecular flexibility index (Phi) is 6.08. The summed E-state index contributed by atoms with van der Waals surface area (Å²) in [6, 6.07) is -0.926. The normalized spacial score (nSPS) is 12.0. The van der Waals surface area contributed by atoms with Gasteiger partial charge in [-0.25, -0.2) is 9.78 Å². The van der Waals surface area contributed by atoms with E-state index in [4.69, 9.17) is 5.11 Å². The van der Waals surface area contributed by atoms with Gasteiger partial charge in [-0.2, -0.15) is 0 Å². The Hall–Kier alpha value is -2.18. The number of nitrogens with zero attached hydrogens (tertiary/aromatic N) is 1. The topological polar surface area (TPSA) is 112 Å². The van der Waals surface area contributed by atoms with Gasteiger partial charge in [-0.05, 0) is 13.3 Å². The Morgan fingerprint density at radius 1 is 1.38 bits per heavy atom. The molecule has 1 atom stereocenters. The third-order valence-corrected chi connectivity index (χ3v) is 3.15. The van der Waals surface area contributed by atoms with Gasteiger partial charge in [0.2, 0.25) is 5.91 Å². The van der Waals surface area contributed by atoms with Crippen LogP contribution >= 0.6 is 0 Å². The minimum Gasteiger partial charge on any atom is -0.480 e. The number of hydrogen-bond acceptors (Lipinski definition) is 4. The van der Waals surface area contributed by atoms with Gasteiger partial charge in [0.25, 0.3) is 5.56 Å². The van der Waals surface area contributed by atoms with E-state index in [9.17, 15) is 14.4 Å². The van der Waals surface area contributed by atoms with Crippen molar-refractivity contribution in [1.82, 2.24) is 15.3 Å². The monoisotopic (exact) mass is 295 g/mol. The number of nitrogens with one attached hydrogen (secondary N) is 2. The second-order valence-corrected chi connectivity index (χ2v) is 4.85. The average molecular weight is 295 g/mol. The lowest BCUT2D eigenvalue weighted by molar-refractivity contribution is -0.141. The Labute approximate surface area is 122 Å². The summed E-state index contributed by atoms with van der Waals surface area (Å²) in [6.45, 7) is 5.37. The standard InChI is InChI=1S/C14H21N3O4/c1-4-6-10(14(20)21)16-12(18)7-9-8(3)15-11(5-2)17-13(9)19/h10H,4-7H2,1-3H3,(H,16,18)(H,20,21)(H,15,17,19)/t10-/m1/s1. The van der Waals surface area contributed by atoms with Crippen molar-refractivity contribution in [2.75, 3.05) is 0 Å². The van der Waals surface area contributed by atoms with E-state index in [0.29, 0.717) is 30.8 Å². The molecule has 1 rings (SSSR count). The molecule has 116 valence electrons. The van der Waals surface area contributed by atoms with Gasteiger partial charge in [-0.15, -0.1) is 0 Å². The van der Waals surface area contributed by atoms with Crippen LogP contribution in [0.2, 0.25) is 0 Å². The zero-order chi connectivity index (χ0) is 16.0. The molecule has 7 heteroatoms. The molecule has 3 N–H and O–H groups in total. The number of aromatic nitrogens is 2. The maximum absolute atomic E-state index is 11.9. The highest BCUT2D eigenvalue weighted by atomic mass is 16.4. The largest absolute Gasteiger partial charge is 0.480 e.